The Morgan fingerprint density at radius 1 is 1.56 bits per heavy atom. The molecular weight excluding hydrogens is 218 g/mol. The van der Waals surface area contributed by atoms with E-state index >= 15 is 0 Å². The van der Waals surface area contributed by atoms with Gasteiger partial charge in [0.2, 0.25) is 0 Å². The molecule has 0 saturated carbocycles. The third-order valence-corrected chi connectivity index (χ3v) is 3.62. The minimum Gasteiger partial charge on any atom is -0.323 e. The van der Waals surface area contributed by atoms with E-state index in [2.05, 4.69) is 24.9 Å². The molecule has 2 atom stereocenters. The van der Waals surface area contributed by atoms with Crippen LogP contribution in [0.1, 0.15) is 38.3 Å². The maximum absolute atomic E-state index is 8.60. The maximum Gasteiger partial charge on any atom is 0.0641 e. The fraction of sp³-hybridized carbons (Fsp3) is 0.500. The van der Waals surface area contributed by atoms with Gasteiger partial charge in [0.05, 0.1) is 12.5 Å². The van der Waals surface area contributed by atoms with E-state index in [1.165, 1.54) is 0 Å². The van der Waals surface area contributed by atoms with Crippen molar-refractivity contribution in [2.75, 3.05) is 0 Å². The zero-order valence-corrected chi connectivity index (χ0v) is 10.5. The average Bonchev–Trinajstić information content (AvgIpc) is 2.29. The Hall–Kier alpha value is -1.05. The predicted octanol–water partition coefficient (Wildman–Crippen LogP) is 2.89. The Bertz CT molecular complexity index is 373. The normalized spacial score (nSPS) is 14.1. The third-order valence-electron chi connectivity index (χ3n) is 2.39. The Labute approximate surface area is 101 Å². The lowest BCUT2D eigenvalue weighted by Gasteiger charge is -2.11. The summed E-state index contributed by atoms with van der Waals surface area (Å²) in [6, 6.07) is 3.88. The average molecular weight is 235 g/mol. The second-order valence-corrected chi connectivity index (χ2v) is 5.27. The van der Waals surface area contributed by atoms with E-state index in [1.54, 1.807) is 18.0 Å². The van der Waals surface area contributed by atoms with Crippen molar-refractivity contribution < 1.29 is 0 Å². The van der Waals surface area contributed by atoms with Crippen molar-refractivity contribution >= 4 is 11.8 Å². The van der Waals surface area contributed by atoms with Crippen molar-refractivity contribution in [2.24, 2.45) is 5.73 Å². The summed E-state index contributed by atoms with van der Waals surface area (Å²) in [7, 11) is 0. The zero-order chi connectivity index (χ0) is 12.0. The van der Waals surface area contributed by atoms with Crippen molar-refractivity contribution in [3.8, 4) is 6.07 Å². The second kappa shape index (κ2) is 6.51. The number of hydrogen-bond donors (Lipinski definition) is 1. The van der Waals surface area contributed by atoms with Crippen LogP contribution in [-0.2, 0) is 0 Å². The number of nitrogens with two attached hydrogens (primary N) is 1. The molecule has 0 aromatic carbocycles. The lowest BCUT2D eigenvalue weighted by molar-refractivity contribution is 0.740. The number of nitrogens with zero attached hydrogens (tertiary/aromatic N) is 2. The molecule has 16 heavy (non-hydrogen) atoms. The number of thioether (sulfide) groups is 1. The van der Waals surface area contributed by atoms with Gasteiger partial charge in [-0.25, -0.2) is 0 Å². The quantitative estimate of drug-likeness (QED) is 0.797. The summed E-state index contributed by atoms with van der Waals surface area (Å²) in [5.41, 5.74) is 6.81. The largest absolute Gasteiger partial charge is 0.323 e. The molecule has 0 saturated heterocycles. The van der Waals surface area contributed by atoms with E-state index in [9.17, 15) is 0 Å². The van der Waals surface area contributed by atoms with Crippen LogP contribution in [-0.4, -0.2) is 10.2 Å². The van der Waals surface area contributed by atoms with Crippen molar-refractivity contribution in [3.05, 3.63) is 24.0 Å². The van der Waals surface area contributed by atoms with Gasteiger partial charge in [0.15, 0.2) is 0 Å². The summed E-state index contributed by atoms with van der Waals surface area (Å²) in [5, 5.41) is 9.17. The second-order valence-electron chi connectivity index (χ2n) is 3.76. The Kier molecular flexibility index (Phi) is 5.30. The van der Waals surface area contributed by atoms with E-state index in [4.69, 9.17) is 11.0 Å². The Morgan fingerprint density at radius 2 is 2.31 bits per heavy atom. The molecule has 0 bridgehead atoms. The van der Waals surface area contributed by atoms with Crippen molar-refractivity contribution in [2.45, 2.75) is 42.9 Å². The van der Waals surface area contributed by atoms with Crippen molar-refractivity contribution in [3.63, 3.8) is 0 Å². The summed E-state index contributed by atoms with van der Waals surface area (Å²) in [4.78, 5) is 5.29. The molecule has 86 valence electrons. The van der Waals surface area contributed by atoms with Crippen molar-refractivity contribution in [1.29, 1.82) is 5.26 Å². The highest BCUT2D eigenvalue weighted by Gasteiger charge is 2.08. The van der Waals surface area contributed by atoms with E-state index in [0.717, 1.165) is 16.9 Å². The highest BCUT2D eigenvalue weighted by Crippen LogP contribution is 2.26. The fourth-order valence-electron chi connectivity index (χ4n) is 1.23. The number of hydrogen-bond acceptors (Lipinski definition) is 4. The zero-order valence-electron chi connectivity index (χ0n) is 9.68. The summed E-state index contributed by atoms with van der Waals surface area (Å²) < 4.78 is 0. The number of nitriles is 1. The molecule has 1 heterocycles. The van der Waals surface area contributed by atoms with E-state index in [-0.39, 0.29) is 6.04 Å². The molecule has 0 amide bonds. The number of pyridine rings is 1. The highest BCUT2D eigenvalue weighted by molar-refractivity contribution is 7.99. The molecule has 0 aliphatic heterocycles. The van der Waals surface area contributed by atoms with Crippen LogP contribution in [0.2, 0.25) is 0 Å². The summed E-state index contributed by atoms with van der Waals surface area (Å²) in [5.74, 6) is 0. The lowest BCUT2D eigenvalue weighted by Crippen LogP contribution is -2.09. The minimum absolute atomic E-state index is 0.227. The van der Waals surface area contributed by atoms with Crippen LogP contribution in [0.15, 0.2) is 23.4 Å². The first-order chi connectivity index (χ1) is 7.67. The summed E-state index contributed by atoms with van der Waals surface area (Å²) in [6.45, 7) is 4.35. The van der Waals surface area contributed by atoms with E-state index < -0.39 is 0 Å². The number of aromatic nitrogens is 1. The molecule has 4 heteroatoms. The minimum atomic E-state index is -0.227. The molecule has 0 radical (unpaired) electrons. The van der Waals surface area contributed by atoms with E-state index in [1.807, 2.05) is 12.3 Å². The fourth-order valence-corrected chi connectivity index (χ4v) is 2.19. The molecule has 1 aromatic heterocycles. The molecule has 1 rings (SSSR count). The van der Waals surface area contributed by atoms with Gasteiger partial charge in [-0.15, -0.1) is 11.8 Å². The van der Waals surface area contributed by atoms with Gasteiger partial charge in [0, 0.05) is 28.6 Å². The topological polar surface area (TPSA) is 62.7 Å². The van der Waals surface area contributed by atoms with Crippen LogP contribution in [0.3, 0.4) is 0 Å². The SMILES string of the molecule is CCC(C)Sc1cncc(C(N)CC#N)c1. The molecular formula is C12H17N3S. The molecule has 2 unspecified atom stereocenters. The third kappa shape index (κ3) is 3.84. The summed E-state index contributed by atoms with van der Waals surface area (Å²) in [6.07, 6.45) is 5.04. The van der Waals surface area contributed by atoms with Gasteiger partial charge in [-0.1, -0.05) is 13.8 Å². The van der Waals surface area contributed by atoms with Gasteiger partial charge in [0.1, 0.15) is 0 Å². The lowest BCUT2D eigenvalue weighted by atomic mass is 10.1. The van der Waals surface area contributed by atoms with Gasteiger partial charge >= 0.3 is 0 Å². The van der Waals surface area contributed by atoms with Crippen LogP contribution in [0.4, 0.5) is 0 Å². The maximum atomic E-state index is 8.60. The van der Waals surface area contributed by atoms with Crippen LogP contribution in [0.5, 0.6) is 0 Å². The first-order valence-electron chi connectivity index (χ1n) is 5.41. The molecule has 0 aliphatic carbocycles. The van der Waals surface area contributed by atoms with Crippen molar-refractivity contribution in [1.82, 2.24) is 4.98 Å². The monoisotopic (exact) mass is 235 g/mol. The van der Waals surface area contributed by atoms with Crippen LogP contribution in [0, 0.1) is 11.3 Å². The van der Waals surface area contributed by atoms with Gasteiger partial charge < -0.3 is 5.73 Å². The number of rotatable bonds is 5. The Morgan fingerprint density at radius 3 is 2.94 bits per heavy atom. The first-order valence-corrected chi connectivity index (χ1v) is 6.29. The molecule has 2 N–H and O–H groups in total. The van der Waals surface area contributed by atoms with Gasteiger partial charge in [-0.3, -0.25) is 4.98 Å². The molecule has 3 nitrogen and oxygen atoms in total. The predicted molar refractivity (Wildman–Crippen MR) is 67.0 cm³/mol. The van der Waals surface area contributed by atoms with Crippen LogP contribution < -0.4 is 5.73 Å². The van der Waals surface area contributed by atoms with Crippen LogP contribution in [0.25, 0.3) is 0 Å². The van der Waals surface area contributed by atoms with Gasteiger partial charge in [0.25, 0.3) is 0 Å². The van der Waals surface area contributed by atoms with Gasteiger partial charge in [-0.2, -0.15) is 5.26 Å². The molecule has 1 aromatic rings. The van der Waals surface area contributed by atoms with Gasteiger partial charge in [-0.05, 0) is 18.1 Å². The standard InChI is InChI=1S/C12H17N3S/c1-3-9(2)16-11-6-10(7-15-8-11)12(14)4-5-13/h6-9,12H,3-4,14H2,1-2H3. The summed E-state index contributed by atoms with van der Waals surface area (Å²) >= 11 is 1.79. The smallest absolute Gasteiger partial charge is 0.0641 e. The molecule has 0 aliphatic rings. The molecule has 0 fully saturated rings. The first kappa shape index (κ1) is 13.0. The highest BCUT2D eigenvalue weighted by atomic mass is 32.2. The Balaban J connectivity index is 2.75. The van der Waals surface area contributed by atoms with E-state index in [0.29, 0.717) is 11.7 Å². The van der Waals surface area contributed by atoms with Crippen LogP contribution >= 0.6 is 11.8 Å². The molecule has 0 spiro atoms.